The molecule has 1 aliphatic heterocycles. The van der Waals surface area contributed by atoms with Gasteiger partial charge in [-0.25, -0.2) is 14.8 Å². The number of methoxy groups -OCH3 is 3. The molecule has 2 aromatic heterocycles. The van der Waals surface area contributed by atoms with Crippen LogP contribution in [-0.2, 0) is 32.8 Å². The van der Waals surface area contributed by atoms with Gasteiger partial charge in [0.05, 0.1) is 27.9 Å². The fourth-order valence-corrected chi connectivity index (χ4v) is 6.85. The van der Waals surface area contributed by atoms with Crippen molar-refractivity contribution in [2.75, 3.05) is 46.3 Å². The molecule has 262 valence electrons. The topological polar surface area (TPSA) is 120 Å². The minimum absolute atomic E-state index is 0.0677. The molecule has 1 saturated heterocycles. The highest BCUT2D eigenvalue weighted by Crippen LogP contribution is 2.39. The summed E-state index contributed by atoms with van der Waals surface area (Å²) in [4.78, 5) is 39.7. The lowest BCUT2D eigenvalue weighted by molar-refractivity contribution is -0.142. The number of hydrogen-bond acceptors (Lipinski definition) is 10. The number of rotatable bonds is 13. The van der Waals surface area contributed by atoms with Crippen LogP contribution in [0, 0.1) is 0 Å². The summed E-state index contributed by atoms with van der Waals surface area (Å²) in [6.45, 7) is 7.83. The van der Waals surface area contributed by atoms with Crippen LogP contribution in [0.2, 0.25) is 0 Å². The van der Waals surface area contributed by atoms with Crippen molar-refractivity contribution in [1.82, 2.24) is 24.2 Å². The van der Waals surface area contributed by atoms with Gasteiger partial charge in [0.25, 0.3) is 0 Å². The van der Waals surface area contributed by atoms with Gasteiger partial charge in [-0.15, -0.1) is 0 Å². The number of nitrogens with one attached hydrogen (secondary N) is 1. The molecule has 4 aromatic rings. The fourth-order valence-electron chi connectivity index (χ4n) is 6.30. The standard InChI is InChI=1S/C36H45BrN6O6/c1-24(2)41(21-30(44)48-6)20-27-14-15-36(3,23-43(27)35(45)49-22-25-10-8-7-9-11-25)34-40-32(37)31-33(38-16-17-42(31)34)39-19-26-12-13-28(46-4)18-29(26)47-5/h7-13,16-18,24,27H,14-15,19-23H2,1-6H3,(H,38,39)/t27-,36+/m1/s1. The summed E-state index contributed by atoms with van der Waals surface area (Å²) in [5.74, 6) is 2.56. The number of piperidine rings is 1. The molecule has 1 fully saturated rings. The average Bonchev–Trinajstić information content (AvgIpc) is 3.47. The van der Waals surface area contributed by atoms with Gasteiger partial charge in [-0.05, 0) is 60.3 Å². The van der Waals surface area contributed by atoms with Crippen LogP contribution < -0.4 is 14.8 Å². The van der Waals surface area contributed by atoms with Crippen LogP contribution in [0.25, 0.3) is 5.52 Å². The van der Waals surface area contributed by atoms with E-state index in [9.17, 15) is 9.59 Å². The molecule has 2 atom stereocenters. The highest BCUT2D eigenvalue weighted by Gasteiger charge is 2.44. The average molecular weight is 738 g/mol. The van der Waals surface area contributed by atoms with Crippen LogP contribution in [0.5, 0.6) is 11.5 Å². The maximum Gasteiger partial charge on any atom is 0.410 e. The first-order valence-corrected chi connectivity index (χ1v) is 17.1. The molecular weight excluding hydrogens is 692 g/mol. The van der Waals surface area contributed by atoms with Crippen molar-refractivity contribution in [2.45, 2.75) is 64.3 Å². The number of likely N-dealkylation sites (tertiary alicyclic amines) is 1. The van der Waals surface area contributed by atoms with E-state index in [1.165, 1.54) is 7.11 Å². The van der Waals surface area contributed by atoms with Gasteiger partial charge in [-0.3, -0.25) is 14.1 Å². The molecule has 13 heteroatoms. The fraction of sp³-hybridized carbons (Fsp3) is 0.444. The number of aromatic nitrogens is 3. The third kappa shape index (κ3) is 8.27. The number of anilines is 1. The van der Waals surface area contributed by atoms with Crippen molar-refractivity contribution in [3.8, 4) is 11.5 Å². The Morgan fingerprint density at radius 1 is 1.12 bits per heavy atom. The molecular formula is C36H45BrN6O6. The highest BCUT2D eigenvalue weighted by atomic mass is 79.9. The van der Waals surface area contributed by atoms with E-state index in [0.29, 0.717) is 48.0 Å². The van der Waals surface area contributed by atoms with Gasteiger partial charge in [0.15, 0.2) is 5.82 Å². The van der Waals surface area contributed by atoms with Crippen molar-refractivity contribution in [3.63, 3.8) is 0 Å². The molecule has 0 spiro atoms. The Labute approximate surface area is 295 Å². The lowest BCUT2D eigenvalue weighted by atomic mass is 9.78. The van der Waals surface area contributed by atoms with Gasteiger partial charge in [0.2, 0.25) is 0 Å². The molecule has 0 bridgehead atoms. The summed E-state index contributed by atoms with van der Waals surface area (Å²) in [6, 6.07) is 15.2. The second-order valence-corrected chi connectivity index (χ2v) is 13.5. The zero-order chi connectivity index (χ0) is 35.1. The normalized spacial score (nSPS) is 17.7. The molecule has 3 heterocycles. The van der Waals surface area contributed by atoms with E-state index in [4.69, 9.17) is 23.9 Å². The second kappa shape index (κ2) is 15.9. The molecule has 5 rings (SSSR count). The van der Waals surface area contributed by atoms with E-state index in [1.54, 1.807) is 20.4 Å². The molecule has 0 unspecified atom stereocenters. The van der Waals surface area contributed by atoms with Gasteiger partial charge >= 0.3 is 12.1 Å². The van der Waals surface area contributed by atoms with E-state index in [1.807, 2.05) is 82.8 Å². The molecule has 12 nitrogen and oxygen atoms in total. The van der Waals surface area contributed by atoms with Gasteiger partial charge in [0.1, 0.15) is 34.1 Å². The molecule has 0 radical (unpaired) electrons. The van der Waals surface area contributed by atoms with Crippen LogP contribution in [0.1, 0.15) is 50.6 Å². The number of halogens is 1. The Morgan fingerprint density at radius 3 is 2.59 bits per heavy atom. The molecule has 1 aliphatic rings. The van der Waals surface area contributed by atoms with Crippen LogP contribution >= 0.6 is 15.9 Å². The summed E-state index contributed by atoms with van der Waals surface area (Å²) < 4.78 is 24.5. The number of esters is 1. The summed E-state index contributed by atoms with van der Waals surface area (Å²) in [5, 5.41) is 3.45. The van der Waals surface area contributed by atoms with Gasteiger partial charge in [0, 0.05) is 61.2 Å². The number of ether oxygens (including phenoxy) is 4. The SMILES string of the molecule is COC(=O)CN(C[C@H]1CC[C@](C)(c2nc(Br)c3c(NCc4ccc(OC)cc4OC)nccn23)CN1C(=O)OCc1ccccc1)C(C)C. The predicted octanol–water partition coefficient (Wildman–Crippen LogP) is 6.06. The molecule has 1 N–H and O–H groups in total. The van der Waals surface area contributed by atoms with E-state index >= 15 is 0 Å². The Hall–Kier alpha value is -4.36. The van der Waals surface area contributed by atoms with E-state index in [0.717, 1.165) is 28.9 Å². The maximum absolute atomic E-state index is 13.9. The zero-order valence-corrected chi connectivity index (χ0v) is 30.5. The monoisotopic (exact) mass is 736 g/mol. The molecule has 2 aromatic carbocycles. The van der Waals surface area contributed by atoms with Gasteiger partial charge in [-0.2, -0.15) is 0 Å². The number of imidazole rings is 1. The lowest BCUT2D eigenvalue weighted by Crippen LogP contribution is -2.57. The van der Waals surface area contributed by atoms with Crippen molar-refractivity contribution in [2.24, 2.45) is 0 Å². The Bertz CT molecular complexity index is 1750. The first-order chi connectivity index (χ1) is 23.6. The van der Waals surface area contributed by atoms with E-state index in [-0.39, 0.29) is 31.2 Å². The number of hydrogen-bond donors (Lipinski definition) is 1. The van der Waals surface area contributed by atoms with Crippen LogP contribution in [0.3, 0.4) is 0 Å². The van der Waals surface area contributed by atoms with Crippen molar-refractivity contribution in [3.05, 3.63) is 82.5 Å². The largest absolute Gasteiger partial charge is 0.497 e. The third-order valence-electron chi connectivity index (χ3n) is 9.16. The number of carbonyl (C=O) groups is 2. The van der Waals surface area contributed by atoms with Crippen molar-refractivity contribution < 1.29 is 28.5 Å². The van der Waals surface area contributed by atoms with E-state index < -0.39 is 11.5 Å². The van der Waals surface area contributed by atoms with Gasteiger partial charge in [-0.1, -0.05) is 37.3 Å². The van der Waals surface area contributed by atoms with Gasteiger partial charge < -0.3 is 29.2 Å². The highest BCUT2D eigenvalue weighted by molar-refractivity contribution is 9.10. The number of fused-ring (bicyclic) bond motifs is 1. The van der Waals surface area contributed by atoms with Crippen molar-refractivity contribution in [1.29, 1.82) is 0 Å². The second-order valence-electron chi connectivity index (χ2n) is 12.8. The van der Waals surface area contributed by atoms with E-state index in [2.05, 4.69) is 33.2 Å². The number of carbonyl (C=O) groups excluding carboxylic acids is 2. The Kier molecular flexibility index (Phi) is 11.7. The molecule has 1 amide bonds. The summed E-state index contributed by atoms with van der Waals surface area (Å²) in [7, 11) is 4.64. The number of nitrogens with zero attached hydrogens (tertiary/aromatic N) is 5. The number of benzene rings is 2. The number of amides is 1. The summed E-state index contributed by atoms with van der Waals surface area (Å²) in [6.07, 6.45) is 4.67. The first-order valence-electron chi connectivity index (χ1n) is 16.3. The smallest absolute Gasteiger partial charge is 0.410 e. The summed E-state index contributed by atoms with van der Waals surface area (Å²) >= 11 is 3.71. The zero-order valence-electron chi connectivity index (χ0n) is 28.9. The molecule has 49 heavy (non-hydrogen) atoms. The Morgan fingerprint density at radius 2 is 1.90 bits per heavy atom. The lowest BCUT2D eigenvalue weighted by Gasteiger charge is -2.45. The van der Waals surface area contributed by atoms with Crippen LogP contribution in [-0.4, -0.2) is 89.3 Å². The van der Waals surface area contributed by atoms with Crippen LogP contribution in [0.4, 0.5) is 10.6 Å². The summed E-state index contributed by atoms with van der Waals surface area (Å²) in [5.41, 5.74) is 2.11. The minimum Gasteiger partial charge on any atom is -0.497 e. The third-order valence-corrected chi connectivity index (χ3v) is 9.71. The van der Waals surface area contributed by atoms with Crippen molar-refractivity contribution >= 4 is 39.3 Å². The maximum atomic E-state index is 13.9. The minimum atomic E-state index is -0.528. The first kappa shape index (κ1) is 35.9. The molecule has 0 aliphatic carbocycles. The molecule has 0 saturated carbocycles. The quantitative estimate of drug-likeness (QED) is 0.162. The van der Waals surface area contributed by atoms with Crippen LogP contribution in [0.15, 0.2) is 65.5 Å². The predicted molar refractivity (Wildman–Crippen MR) is 190 cm³/mol. The Balaban J connectivity index is 1.42.